The minimum atomic E-state index is -0.562. The van der Waals surface area contributed by atoms with Crippen LogP contribution in [0.15, 0.2) is 146 Å². The number of allylic oxidation sites excluding steroid dienone is 6. The SMILES string of the molecule is C=C(C)C(=O)OCCCCC(O)COC1=CC2SC(=S)C(c3ccccc3)=CC2C=C1.C=CC(=O)OCCCCC(O)COC1=CC2SC(=S)C(c3ccccc3)=CC2C=C1. The van der Waals surface area contributed by atoms with Gasteiger partial charge < -0.3 is 29.2 Å². The molecule has 0 radical (unpaired) electrons. The Kier molecular flexibility index (Phi) is 19.5. The Hall–Kier alpha value is -4.30. The summed E-state index contributed by atoms with van der Waals surface area (Å²) in [6.45, 7) is 9.67. The molecular weight excluding hydrogens is 845 g/mol. The highest BCUT2D eigenvalue weighted by Gasteiger charge is 2.30. The normalized spacial score (nSPS) is 21.0. The van der Waals surface area contributed by atoms with Gasteiger partial charge in [-0.15, -0.1) is 23.5 Å². The number of carbonyl (C=O) groups is 2. The predicted octanol–water partition coefficient (Wildman–Crippen LogP) is 10.1. The van der Waals surface area contributed by atoms with Crippen molar-refractivity contribution in [3.63, 3.8) is 0 Å². The number of aliphatic hydroxyl groups is 2. The number of hydrogen-bond donors (Lipinski definition) is 2. The molecule has 2 aromatic rings. The predicted molar refractivity (Wildman–Crippen MR) is 257 cm³/mol. The van der Waals surface area contributed by atoms with Gasteiger partial charge in [-0.1, -0.05) is 123 Å². The van der Waals surface area contributed by atoms with Crippen molar-refractivity contribution in [1.29, 1.82) is 0 Å². The first-order valence-corrected chi connectivity index (χ1v) is 23.1. The number of rotatable bonds is 20. The summed E-state index contributed by atoms with van der Waals surface area (Å²) in [4.78, 5) is 22.3. The largest absolute Gasteiger partial charge is 0.491 e. The van der Waals surface area contributed by atoms with Crippen LogP contribution in [0.5, 0.6) is 0 Å². The van der Waals surface area contributed by atoms with Crippen LogP contribution in [0.2, 0.25) is 0 Å². The van der Waals surface area contributed by atoms with E-state index in [0.29, 0.717) is 44.5 Å². The topological polar surface area (TPSA) is 112 Å². The number of esters is 2. The van der Waals surface area contributed by atoms with E-state index in [1.54, 1.807) is 30.4 Å². The van der Waals surface area contributed by atoms with Gasteiger partial charge in [0.15, 0.2) is 0 Å². The molecule has 2 aliphatic carbocycles. The molecule has 322 valence electrons. The molecule has 61 heavy (non-hydrogen) atoms. The standard InChI is InChI=1S/C25H28O4S2.C24H26O4S2/c1-17(2)24(27)28-13-7-6-10-20(26)16-29-21-12-11-19-14-22(18-8-4-3-5-9-18)25(30)31-23(19)15-21;1-2-23(26)27-13-7-6-10-19(25)16-28-20-12-11-18-14-21(17-8-4-3-5-9-17)24(29)30-22(18)15-20/h3-5,8-9,11-12,14-15,19-20,23,26H,1,6-7,10,13,16H2,2H3;2-5,8-9,11-12,14-15,18-19,22,25H,1,6-7,10,13,16H2. The number of carbonyl (C=O) groups excluding carboxylic acids is 2. The lowest BCUT2D eigenvalue weighted by molar-refractivity contribution is -0.139. The second-order valence-electron chi connectivity index (χ2n) is 14.9. The van der Waals surface area contributed by atoms with Crippen LogP contribution >= 0.6 is 48.0 Å². The van der Waals surface area contributed by atoms with Gasteiger partial charge in [0.2, 0.25) is 0 Å². The molecule has 4 aliphatic rings. The molecule has 2 N–H and O–H groups in total. The lowest BCUT2D eigenvalue weighted by Gasteiger charge is -2.29. The second kappa shape index (κ2) is 25.0. The molecular formula is C49H54O8S4. The van der Waals surface area contributed by atoms with Crippen molar-refractivity contribution >= 4 is 79.4 Å². The zero-order valence-corrected chi connectivity index (χ0v) is 37.7. The number of hydrogen-bond acceptors (Lipinski definition) is 12. The third kappa shape index (κ3) is 15.5. The van der Waals surface area contributed by atoms with Crippen LogP contribution < -0.4 is 0 Å². The zero-order chi connectivity index (χ0) is 43.6. The first-order chi connectivity index (χ1) is 29.5. The molecule has 2 aromatic carbocycles. The highest BCUT2D eigenvalue weighted by molar-refractivity contribution is 8.25. The maximum Gasteiger partial charge on any atom is 0.333 e. The highest BCUT2D eigenvalue weighted by Crippen LogP contribution is 2.41. The monoisotopic (exact) mass is 898 g/mol. The Morgan fingerprint density at radius 2 is 1.15 bits per heavy atom. The van der Waals surface area contributed by atoms with E-state index >= 15 is 0 Å². The number of aliphatic hydroxyl groups excluding tert-OH is 2. The molecule has 6 atom stereocenters. The Labute approximate surface area is 379 Å². The van der Waals surface area contributed by atoms with Crippen molar-refractivity contribution in [3.8, 4) is 0 Å². The molecule has 0 amide bonds. The maximum absolute atomic E-state index is 11.3. The molecule has 2 aliphatic heterocycles. The van der Waals surface area contributed by atoms with Crippen molar-refractivity contribution < 1.29 is 38.7 Å². The Morgan fingerprint density at radius 3 is 1.57 bits per heavy atom. The van der Waals surface area contributed by atoms with Crippen molar-refractivity contribution in [3.05, 3.63) is 157 Å². The van der Waals surface area contributed by atoms with Gasteiger partial charge in [0.1, 0.15) is 24.7 Å². The van der Waals surface area contributed by atoms with Gasteiger partial charge in [-0.2, -0.15) is 0 Å². The summed E-state index contributed by atoms with van der Waals surface area (Å²) >= 11 is 14.6. The fourth-order valence-electron chi connectivity index (χ4n) is 6.60. The summed E-state index contributed by atoms with van der Waals surface area (Å²) < 4.78 is 23.4. The molecule has 6 rings (SSSR count). The molecule has 0 saturated heterocycles. The van der Waals surface area contributed by atoms with Crippen molar-refractivity contribution in [1.82, 2.24) is 0 Å². The van der Waals surface area contributed by atoms with Crippen LogP contribution in [0.3, 0.4) is 0 Å². The average Bonchev–Trinajstić information content (AvgIpc) is 3.27. The molecule has 8 nitrogen and oxygen atoms in total. The van der Waals surface area contributed by atoms with E-state index in [9.17, 15) is 19.8 Å². The fourth-order valence-corrected chi connectivity index (χ4v) is 9.82. The first-order valence-electron chi connectivity index (χ1n) is 20.5. The van der Waals surface area contributed by atoms with Crippen LogP contribution in [0.25, 0.3) is 11.1 Å². The summed E-state index contributed by atoms with van der Waals surface area (Å²) in [7, 11) is 0. The number of unbranched alkanes of at least 4 members (excludes halogenated alkanes) is 2. The Bertz CT molecular complexity index is 2050. The number of thioether (sulfide) groups is 2. The van der Waals surface area contributed by atoms with E-state index in [-0.39, 0.29) is 41.5 Å². The van der Waals surface area contributed by atoms with Crippen molar-refractivity contribution in [2.75, 3.05) is 26.4 Å². The Morgan fingerprint density at radius 1 is 0.705 bits per heavy atom. The lowest BCUT2D eigenvalue weighted by Crippen LogP contribution is -2.23. The van der Waals surface area contributed by atoms with Crippen LogP contribution in [0, 0.1) is 11.8 Å². The molecule has 6 unspecified atom stereocenters. The van der Waals surface area contributed by atoms with Gasteiger partial charge in [-0.25, -0.2) is 9.59 Å². The zero-order valence-electron chi connectivity index (χ0n) is 34.4. The number of ether oxygens (including phenoxy) is 4. The number of fused-ring (bicyclic) bond motifs is 2. The van der Waals surface area contributed by atoms with E-state index in [1.807, 2.05) is 48.6 Å². The van der Waals surface area contributed by atoms with Gasteiger partial charge in [0, 0.05) is 45.1 Å². The molecule has 2 heterocycles. The van der Waals surface area contributed by atoms with E-state index in [2.05, 4.69) is 73.9 Å². The van der Waals surface area contributed by atoms with Gasteiger partial charge in [-0.3, -0.25) is 0 Å². The van der Waals surface area contributed by atoms with Crippen molar-refractivity contribution in [2.24, 2.45) is 11.8 Å². The van der Waals surface area contributed by atoms with Crippen molar-refractivity contribution in [2.45, 2.75) is 68.2 Å². The lowest BCUT2D eigenvalue weighted by atomic mass is 9.94. The molecule has 0 spiro atoms. The van der Waals surface area contributed by atoms with Crippen LogP contribution in [-0.2, 0) is 28.5 Å². The maximum atomic E-state index is 11.3. The second-order valence-corrected chi connectivity index (χ2v) is 18.6. The first kappa shape index (κ1) is 47.7. The molecule has 0 saturated carbocycles. The summed E-state index contributed by atoms with van der Waals surface area (Å²) in [5.41, 5.74) is 4.93. The minimum Gasteiger partial charge on any atom is -0.491 e. The quantitative estimate of drug-likeness (QED) is 0.0571. The molecule has 0 bridgehead atoms. The summed E-state index contributed by atoms with van der Waals surface area (Å²) in [6.07, 6.45) is 21.0. The van der Waals surface area contributed by atoms with Gasteiger partial charge in [0.05, 0.1) is 33.8 Å². The summed E-state index contributed by atoms with van der Waals surface area (Å²) in [5.74, 6) is 1.28. The average molecular weight is 899 g/mol. The summed E-state index contributed by atoms with van der Waals surface area (Å²) in [6, 6.07) is 20.5. The number of benzene rings is 2. The summed E-state index contributed by atoms with van der Waals surface area (Å²) in [5, 5.41) is 20.7. The fraction of sp³-hybridized carbons (Fsp3) is 0.347. The van der Waals surface area contributed by atoms with E-state index < -0.39 is 18.2 Å². The van der Waals surface area contributed by atoms with Gasteiger partial charge in [0.25, 0.3) is 0 Å². The third-order valence-electron chi connectivity index (χ3n) is 9.94. The van der Waals surface area contributed by atoms with Gasteiger partial charge >= 0.3 is 11.9 Å². The van der Waals surface area contributed by atoms with Crippen LogP contribution in [0.1, 0.15) is 56.6 Å². The van der Waals surface area contributed by atoms with Crippen LogP contribution in [-0.4, -0.2) is 79.7 Å². The van der Waals surface area contributed by atoms with E-state index in [4.69, 9.17) is 43.4 Å². The number of thiocarbonyl (C=S) groups is 2. The third-order valence-corrected chi connectivity index (χ3v) is 13.3. The minimum absolute atomic E-state index is 0.208. The van der Waals surface area contributed by atoms with E-state index in [1.165, 1.54) is 0 Å². The van der Waals surface area contributed by atoms with Gasteiger partial charge in [-0.05, 0) is 80.9 Å². The Balaban J connectivity index is 0.000000231. The molecule has 0 aromatic heterocycles. The highest BCUT2D eigenvalue weighted by atomic mass is 32.2. The smallest absolute Gasteiger partial charge is 0.333 e. The van der Waals surface area contributed by atoms with Crippen LogP contribution in [0.4, 0.5) is 0 Å². The molecule has 0 fully saturated rings. The van der Waals surface area contributed by atoms with E-state index in [0.717, 1.165) is 61.1 Å². The molecule has 12 heteroatoms.